The molecule has 6 nitrogen and oxygen atoms in total. The predicted molar refractivity (Wildman–Crippen MR) is 85.8 cm³/mol. The molecule has 1 aliphatic rings. The van der Waals surface area contributed by atoms with Crippen molar-refractivity contribution in [2.24, 2.45) is 5.73 Å². The van der Waals surface area contributed by atoms with Crippen LogP contribution in [0.4, 0.5) is 10.5 Å². The van der Waals surface area contributed by atoms with Crippen LogP contribution in [0.15, 0.2) is 6.07 Å². The lowest BCUT2D eigenvalue weighted by Crippen LogP contribution is -2.37. The summed E-state index contributed by atoms with van der Waals surface area (Å²) in [5.74, 6) is 0. The van der Waals surface area contributed by atoms with E-state index < -0.39 is 6.09 Å². The second-order valence-corrected chi connectivity index (χ2v) is 5.61. The van der Waals surface area contributed by atoms with Gasteiger partial charge >= 0.3 is 6.09 Å². The lowest BCUT2D eigenvalue weighted by Gasteiger charge is -2.23. The molecule has 1 aromatic rings. The molecule has 1 unspecified atom stereocenters. The summed E-state index contributed by atoms with van der Waals surface area (Å²) in [4.78, 5) is 18.2. The molecule has 114 valence electrons. The van der Waals surface area contributed by atoms with Crippen LogP contribution in [-0.4, -0.2) is 42.3 Å². The number of nitrogens with one attached hydrogen (secondary N) is 1. The number of nitrogens with zero attached hydrogens (tertiary/aromatic N) is 2. The van der Waals surface area contributed by atoms with E-state index in [2.05, 4.69) is 19.9 Å². The number of carbonyl (C=O) groups is 1. The number of methoxy groups -OCH3 is 1. The highest BCUT2D eigenvalue weighted by Gasteiger charge is 2.27. The summed E-state index contributed by atoms with van der Waals surface area (Å²) in [7, 11) is 1.36. The Labute approximate surface area is 129 Å². The molecule has 1 saturated heterocycles. The summed E-state index contributed by atoms with van der Waals surface area (Å²) >= 11 is 5.16. The van der Waals surface area contributed by atoms with E-state index in [1.807, 2.05) is 19.9 Å². The molecule has 0 aromatic carbocycles. The van der Waals surface area contributed by atoms with Gasteiger partial charge in [-0.1, -0.05) is 12.2 Å². The first kappa shape index (κ1) is 15.5. The maximum absolute atomic E-state index is 11.3. The summed E-state index contributed by atoms with van der Waals surface area (Å²) in [6.45, 7) is 5.38. The third-order valence-corrected chi connectivity index (χ3v) is 3.79. The molecular formula is C14H20N4O2S. The fourth-order valence-electron chi connectivity index (χ4n) is 2.68. The molecular weight excluding hydrogens is 288 g/mol. The third-order valence-electron chi connectivity index (χ3n) is 3.59. The fraction of sp³-hybridized carbons (Fsp3) is 0.500. The van der Waals surface area contributed by atoms with E-state index in [4.69, 9.17) is 18.0 Å². The van der Waals surface area contributed by atoms with E-state index in [1.54, 1.807) is 0 Å². The number of carbonyl (C=O) groups excluding carboxylic acids is 1. The van der Waals surface area contributed by atoms with Gasteiger partial charge in [0.2, 0.25) is 0 Å². The number of amides is 1. The van der Waals surface area contributed by atoms with Gasteiger partial charge in [0.25, 0.3) is 0 Å². The van der Waals surface area contributed by atoms with Gasteiger partial charge in [-0.05, 0) is 26.3 Å². The highest BCUT2D eigenvalue weighted by molar-refractivity contribution is 7.80. The molecule has 21 heavy (non-hydrogen) atoms. The van der Waals surface area contributed by atoms with Gasteiger partial charge in [0, 0.05) is 24.5 Å². The highest BCUT2D eigenvalue weighted by Crippen LogP contribution is 2.27. The number of aromatic nitrogens is 1. The number of rotatable bonds is 3. The third kappa shape index (κ3) is 3.41. The Bertz CT molecular complexity index is 576. The Kier molecular flexibility index (Phi) is 4.62. The van der Waals surface area contributed by atoms with Crippen LogP contribution in [-0.2, 0) is 4.74 Å². The normalized spacial score (nSPS) is 17.7. The molecule has 1 aliphatic heterocycles. The van der Waals surface area contributed by atoms with Crippen LogP contribution in [0.25, 0.3) is 0 Å². The fourth-order valence-corrected chi connectivity index (χ4v) is 2.94. The molecule has 1 aromatic heterocycles. The number of anilines is 1. The minimum absolute atomic E-state index is 0.0606. The number of hydrogen-bond donors (Lipinski definition) is 2. The predicted octanol–water partition coefficient (Wildman–Crippen LogP) is 1.27. The van der Waals surface area contributed by atoms with Crippen molar-refractivity contribution >= 4 is 29.0 Å². The average Bonchev–Trinajstić information content (AvgIpc) is 2.85. The molecule has 0 saturated carbocycles. The monoisotopic (exact) mass is 308 g/mol. The van der Waals surface area contributed by atoms with Gasteiger partial charge in [0.05, 0.1) is 24.4 Å². The van der Waals surface area contributed by atoms with Crippen molar-refractivity contribution in [2.75, 3.05) is 25.1 Å². The van der Waals surface area contributed by atoms with Crippen LogP contribution in [0.5, 0.6) is 0 Å². The lowest BCUT2D eigenvalue weighted by atomic mass is 10.1. The van der Waals surface area contributed by atoms with E-state index in [9.17, 15) is 4.79 Å². The lowest BCUT2D eigenvalue weighted by molar-refractivity contribution is 0.167. The molecule has 0 bridgehead atoms. The van der Waals surface area contributed by atoms with Crippen LogP contribution < -0.4 is 16.0 Å². The van der Waals surface area contributed by atoms with Crippen LogP contribution in [0.1, 0.15) is 23.4 Å². The van der Waals surface area contributed by atoms with E-state index in [-0.39, 0.29) is 6.04 Å². The van der Waals surface area contributed by atoms with E-state index in [0.717, 1.165) is 35.6 Å². The number of thiocarbonyl (C=S) groups is 1. The molecule has 2 rings (SSSR count). The average molecular weight is 308 g/mol. The molecule has 3 N–H and O–H groups in total. The zero-order valence-electron chi connectivity index (χ0n) is 12.5. The Morgan fingerprint density at radius 3 is 2.90 bits per heavy atom. The maximum Gasteiger partial charge on any atom is 0.407 e. The number of nitrogens with two attached hydrogens (primary N) is 1. The Balaban J connectivity index is 2.23. The Morgan fingerprint density at radius 2 is 2.29 bits per heavy atom. The van der Waals surface area contributed by atoms with Crippen molar-refractivity contribution in [3.8, 4) is 0 Å². The first-order chi connectivity index (χ1) is 9.92. The van der Waals surface area contributed by atoms with Crippen molar-refractivity contribution in [3.63, 3.8) is 0 Å². The standard InChI is InChI=1S/C14H20N4O2S/c1-8-6-11(12(13(15)21)9(2)16-8)18-5-4-10(7-18)17-14(19)20-3/h6,10H,4-5,7H2,1-3H3,(H2,15,21)(H,17,19). The van der Waals surface area contributed by atoms with Gasteiger partial charge in [0.1, 0.15) is 4.99 Å². The zero-order valence-corrected chi connectivity index (χ0v) is 13.3. The second kappa shape index (κ2) is 6.26. The van der Waals surface area contributed by atoms with Crippen molar-refractivity contribution in [1.82, 2.24) is 10.3 Å². The van der Waals surface area contributed by atoms with Crippen molar-refractivity contribution in [3.05, 3.63) is 23.0 Å². The van der Waals surface area contributed by atoms with Crippen LogP contribution in [0.3, 0.4) is 0 Å². The highest BCUT2D eigenvalue weighted by atomic mass is 32.1. The van der Waals surface area contributed by atoms with Gasteiger partial charge in [-0.3, -0.25) is 4.98 Å². The number of aryl methyl sites for hydroxylation is 2. The van der Waals surface area contributed by atoms with E-state index in [0.29, 0.717) is 11.5 Å². The number of ether oxygens (including phenoxy) is 1. The van der Waals surface area contributed by atoms with Crippen LogP contribution in [0, 0.1) is 13.8 Å². The van der Waals surface area contributed by atoms with Crippen molar-refractivity contribution in [2.45, 2.75) is 26.3 Å². The summed E-state index contributed by atoms with van der Waals surface area (Å²) in [5, 5.41) is 2.82. The topological polar surface area (TPSA) is 80.5 Å². The van der Waals surface area contributed by atoms with Gasteiger partial charge in [-0.2, -0.15) is 0 Å². The summed E-state index contributed by atoms with van der Waals surface area (Å²) in [5.41, 5.74) is 9.40. The van der Waals surface area contributed by atoms with Crippen molar-refractivity contribution < 1.29 is 9.53 Å². The van der Waals surface area contributed by atoms with Crippen LogP contribution >= 0.6 is 12.2 Å². The first-order valence-corrected chi connectivity index (χ1v) is 7.20. The molecule has 1 amide bonds. The second-order valence-electron chi connectivity index (χ2n) is 5.17. The molecule has 1 atom stereocenters. The molecule has 1 fully saturated rings. The smallest absolute Gasteiger partial charge is 0.407 e. The molecule has 0 radical (unpaired) electrons. The summed E-state index contributed by atoms with van der Waals surface area (Å²) in [6, 6.07) is 2.05. The van der Waals surface area contributed by atoms with Gasteiger partial charge in [-0.25, -0.2) is 4.79 Å². The van der Waals surface area contributed by atoms with E-state index in [1.165, 1.54) is 7.11 Å². The first-order valence-electron chi connectivity index (χ1n) is 6.80. The largest absolute Gasteiger partial charge is 0.453 e. The zero-order chi connectivity index (χ0) is 15.6. The van der Waals surface area contributed by atoms with Gasteiger partial charge in [-0.15, -0.1) is 0 Å². The Morgan fingerprint density at radius 1 is 1.57 bits per heavy atom. The minimum atomic E-state index is -0.404. The SMILES string of the molecule is COC(=O)NC1CCN(c2cc(C)nc(C)c2C(N)=S)C1. The van der Waals surface area contributed by atoms with Crippen LogP contribution in [0.2, 0.25) is 0 Å². The van der Waals surface area contributed by atoms with Crippen molar-refractivity contribution in [1.29, 1.82) is 0 Å². The van der Waals surface area contributed by atoms with Gasteiger partial charge < -0.3 is 20.7 Å². The van der Waals surface area contributed by atoms with Gasteiger partial charge in [0.15, 0.2) is 0 Å². The number of hydrogen-bond acceptors (Lipinski definition) is 5. The van der Waals surface area contributed by atoms with E-state index >= 15 is 0 Å². The molecule has 7 heteroatoms. The maximum atomic E-state index is 11.3. The summed E-state index contributed by atoms with van der Waals surface area (Å²) in [6.07, 6.45) is 0.449. The molecule has 0 aliphatic carbocycles. The molecule has 2 heterocycles. The number of pyridine rings is 1. The quantitative estimate of drug-likeness (QED) is 0.819. The molecule has 0 spiro atoms. The summed E-state index contributed by atoms with van der Waals surface area (Å²) < 4.78 is 4.63. The minimum Gasteiger partial charge on any atom is -0.453 e. The Hall–Kier alpha value is -1.89. The number of alkyl carbamates (subject to hydrolysis) is 1.